The molecule has 1 fully saturated rings. The Kier molecular flexibility index (Phi) is 5.56. The summed E-state index contributed by atoms with van der Waals surface area (Å²) in [7, 11) is 1.87. The van der Waals surface area contributed by atoms with E-state index in [1.807, 2.05) is 11.9 Å². The molecule has 1 amide bonds. The lowest BCUT2D eigenvalue weighted by Crippen LogP contribution is -2.45. The van der Waals surface area contributed by atoms with Crippen molar-refractivity contribution in [1.82, 2.24) is 9.80 Å². The number of para-hydroxylation sites is 1. The number of halogens is 1. The highest BCUT2D eigenvalue weighted by molar-refractivity contribution is 5.73. The highest BCUT2D eigenvalue weighted by atomic mass is 19.1. The molecule has 4 nitrogen and oxygen atoms in total. The van der Waals surface area contributed by atoms with Crippen LogP contribution in [0.4, 0.5) is 4.39 Å². The van der Waals surface area contributed by atoms with Crippen LogP contribution in [0.2, 0.25) is 0 Å². The first-order valence-corrected chi connectivity index (χ1v) is 7.41. The van der Waals surface area contributed by atoms with Crippen molar-refractivity contribution in [2.45, 2.75) is 25.8 Å². The van der Waals surface area contributed by atoms with Gasteiger partial charge >= 0.3 is 0 Å². The molecule has 1 aliphatic heterocycles. The van der Waals surface area contributed by atoms with E-state index in [1.54, 1.807) is 25.1 Å². The minimum absolute atomic E-state index is 0.122. The maximum absolute atomic E-state index is 13.4. The molecule has 0 saturated carbocycles. The summed E-state index contributed by atoms with van der Waals surface area (Å²) in [6.07, 6.45) is 1.96. The molecule has 5 heteroatoms. The quantitative estimate of drug-likeness (QED) is 0.834. The van der Waals surface area contributed by atoms with Crippen LogP contribution in [0.25, 0.3) is 0 Å². The summed E-state index contributed by atoms with van der Waals surface area (Å²) in [5.41, 5.74) is 0. The van der Waals surface area contributed by atoms with Gasteiger partial charge in [0.15, 0.2) is 11.6 Å². The van der Waals surface area contributed by atoms with E-state index in [-0.39, 0.29) is 11.7 Å². The molecule has 21 heavy (non-hydrogen) atoms. The predicted octanol–water partition coefficient (Wildman–Crippen LogP) is 2.15. The first-order valence-electron chi connectivity index (χ1n) is 7.41. The lowest BCUT2D eigenvalue weighted by atomic mass is 10.0. The summed E-state index contributed by atoms with van der Waals surface area (Å²) in [6, 6.07) is 6.80. The highest BCUT2D eigenvalue weighted by Gasteiger charge is 2.23. The van der Waals surface area contributed by atoms with Gasteiger partial charge in [-0.2, -0.15) is 0 Å². The molecule has 116 valence electrons. The summed E-state index contributed by atoms with van der Waals surface area (Å²) >= 11 is 0. The first kappa shape index (κ1) is 15.8. The van der Waals surface area contributed by atoms with Crippen molar-refractivity contribution in [3.8, 4) is 5.75 Å². The molecule has 0 bridgehead atoms. The Balaban J connectivity index is 1.70. The van der Waals surface area contributed by atoms with Gasteiger partial charge in [0, 0.05) is 39.6 Å². The Morgan fingerprint density at radius 2 is 2.05 bits per heavy atom. The van der Waals surface area contributed by atoms with Gasteiger partial charge in [0.2, 0.25) is 5.91 Å². The molecule has 2 rings (SSSR count). The van der Waals surface area contributed by atoms with Crippen LogP contribution in [0.1, 0.15) is 19.8 Å². The normalized spacial score (nSPS) is 16.7. The maximum Gasteiger partial charge on any atom is 0.219 e. The lowest BCUT2D eigenvalue weighted by Gasteiger charge is -2.36. The number of likely N-dealkylation sites (tertiary alicyclic amines) is 1. The van der Waals surface area contributed by atoms with Gasteiger partial charge in [0.05, 0.1) is 0 Å². The van der Waals surface area contributed by atoms with E-state index in [1.165, 1.54) is 6.07 Å². The van der Waals surface area contributed by atoms with Crippen LogP contribution in [0, 0.1) is 5.82 Å². The molecule has 1 aliphatic rings. The molecule has 1 saturated heterocycles. The fraction of sp³-hybridized carbons (Fsp3) is 0.562. The summed E-state index contributed by atoms with van der Waals surface area (Å²) < 4.78 is 18.9. The number of amides is 1. The summed E-state index contributed by atoms with van der Waals surface area (Å²) in [5.74, 6) is 0.110. The van der Waals surface area contributed by atoms with Crippen molar-refractivity contribution >= 4 is 5.91 Å². The first-order chi connectivity index (χ1) is 10.1. The molecule has 0 N–H and O–H groups in total. The van der Waals surface area contributed by atoms with Gasteiger partial charge in [-0.3, -0.25) is 9.69 Å². The summed E-state index contributed by atoms with van der Waals surface area (Å²) in [5, 5.41) is 0. The second-order valence-corrected chi connectivity index (χ2v) is 5.48. The van der Waals surface area contributed by atoms with Crippen molar-refractivity contribution in [3.63, 3.8) is 0 Å². The van der Waals surface area contributed by atoms with E-state index in [2.05, 4.69) is 4.90 Å². The number of piperidine rings is 1. The Morgan fingerprint density at radius 1 is 1.38 bits per heavy atom. The molecule has 0 aromatic heterocycles. The van der Waals surface area contributed by atoms with Crippen molar-refractivity contribution in [2.75, 3.05) is 33.3 Å². The number of hydrogen-bond acceptors (Lipinski definition) is 3. The molecule has 1 heterocycles. The van der Waals surface area contributed by atoms with E-state index in [0.717, 1.165) is 32.5 Å². The molecular formula is C16H23FN2O2. The van der Waals surface area contributed by atoms with Crippen LogP contribution < -0.4 is 4.74 Å². The maximum atomic E-state index is 13.4. The number of benzene rings is 1. The Labute approximate surface area is 125 Å². The van der Waals surface area contributed by atoms with E-state index < -0.39 is 0 Å². The highest BCUT2D eigenvalue weighted by Crippen LogP contribution is 2.17. The minimum atomic E-state index is -0.320. The zero-order valence-corrected chi connectivity index (χ0v) is 12.7. The monoisotopic (exact) mass is 294 g/mol. The van der Waals surface area contributed by atoms with Crippen LogP contribution >= 0.6 is 0 Å². The SMILES string of the molecule is CC(=O)N(C)C1CCN(CCOc2ccccc2F)CC1. The molecular weight excluding hydrogens is 271 g/mol. The third-order valence-electron chi connectivity index (χ3n) is 4.10. The van der Waals surface area contributed by atoms with E-state index in [4.69, 9.17) is 4.74 Å². The standard InChI is InChI=1S/C16H23FN2O2/c1-13(20)18(2)14-7-9-19(10-8-14)11-12-21-16-6-4-3-5-15(16)17/h3-6,14H,7-12H2,1-2H3. The van der Waals surface area contributed by atoms with Crippen LogP contribution in [0.15, 0.2) is 24.3 Å². The third-order valence-corrected chi connectivity index (χ3v) is 4.10. The van der Waals surface area contributed by atoms with Crippen LogP contribution in [0.5, 0.6) is 5.75 Å². The van der Waals surface area contributed by atoms with Gasteiger partial charge in [-0.25, -0.2) is 4.39 Å². The number of carbonyl (C=O) groups is 1. The van der Waals surface area contributed by atoms with Gasteiger partial charge in [-0.15, -0.1) is 0 Å². The predicted molar refractivity (Wildman–Crippen MR) is 79.8 cm³/mol. The second-order valence-electron chi connectivity index (χ2n) is 5.48. The number of ether oxygens (including phenoxy) is 1. The third kappa shape index (κ3) is 4.43. The van der Waals surface area contributed by atoms with Crippen LogP contribution in [-0.2, 0) is 4.79 Å². The van der Waals surface area contributed by atoms with E-state index in [9.17, 15) is 9.18 Å². The molecule has 0 aliphatic carbocycles. The van der Waals surface area contributed by atoms with Gasteiger partial charge in [-0.05, 0) is 25.0 Å². The number of nitrogens with zero attached hydrogens (tertiary/aromatic N) is 2. The lowest BCUT2D eigenvalue weighted by molar-refractivity contribution is -0.130. The van der Waals surface area contributed by atoms with Gasteiger partial charge in [0.25, 0.3) is 0 Å². The fourth-order valence-electron chi connectivity index (χ4n) is 2.63. The minimum Gasteiger partial charge on any atom is -0.489 e. The summed E-state index contributed by atoms with van der Waals surface area (Å²) in [4.78, 5) is 15.5. The molecule has 0 atom stereocenters. The zero-order valence-electron chi connectivity index (χ0n) is 12.7. The largest absolute Gasteiger partial charge is 0.489 e. The second kappa shape index (κ2) is 7.41. The zero-order chi connectivity index (χ0) is 15.2. The van der Waals surface area contributed by atoms with Crippen molar-refractivity contribution < 1.29 is 13.9 Å². The average Bonchev–Trinajstić information content (AvgIpc) is 2.49. The summed E-state index contributed by atoms with van der Waals surface area (Å²) in [6.45, 7) is 4.76. The number of hydrogen-bond donors (Lipinski definition) is 0. The molecule has 0 unspecified atom stereocenters. The fourth-order valence-corrected chi connectivity index (χ4v) is 2.63. The molecule has 1 aromatic rings. The van der Waals surface area contributed by atoms with Crippen molar-refractivity contribution in [2.24, 2.45) is 0 Å². The smallest absolute Gasteiger partial charge is 0.219 e. The molecule has 0 radical (unpaired) electrons. The molecule has 0 spiro atoms. The van der Waals surface area contributed by atoms with Gasteiger partial charge < -0.3 is 9.64 Å². The van der Waals surface area contributed by atoms with Crippen molar-refractivity contribution in [1.29, 1.82) is 0 Å². The van der Waals surface area contributed by atoms with Gasteiger partial charge in [-0.1, -0.05) is 12.1 Å². The Hall–Kier alpha value is -1.62. The Bertz CT molecular complexity index is 473. The average molecular weight is 294 g/mol. The molecule has 1 aromatic carbocycles. The van der Waals surface area contributed by atoms with Crippen LogP contribution in [-0.4, -0.2) is 55.0 Å². The number of carbonyl (C=O) groups excluding carboxylic acids is 1. The van der Waals surface area contributed by atoms with Crippen LogP contribution in [0.3, 0.4) is 0 Å². The van der Waals surface area contributed by atoms with Gasteiger partial charge in [0.1, 0.15) is 6.61 Å². The van der Waals surface area contributed by atoms with E-state index >= 15 is 0 Å². The topological polar surface area (TPSA) is 32.8 Å². The van der Waals surface area contributed by atoms with E-state index in [0.29, 0.717) is 18.4 Å². The number of rotatable bonds is 5. The van der Waals surface area contributed by atoms with Crippen molar-refractivity contribution in [3.05, 3.63) is 30.1 Å². The Morgan fingerprint density at radius 3 is 2.67 bits per heavy atom.